The lowest BCUT2D eigenvalue weighted by atomic mass is 10.2. The van der Waals surface area contributed by atoms with Gasteiger partial charge in [0, 0.05) is 17.7 Å². The number of amides is 1. The zero-order chi connectivity index (χ0) is 17.1. The summed E-state index contributed by atoms with van der Waals surface area (Å²) in [6.07, 6.45) is 1.41. The standard InChI is InChI=1S/C15H11N5O3S/c16-15-18-12-6-3-10(7-13(12)24-15)14(21)19-17-8-9-1-4-11(5-2-9)20(22)23/h1-8H,(H2,16,18)(H,19,21)/b17-8-. The van der Waals surface area contributed by atoms with Gasteiger partial charge in [-0.3, -0.25) is 14.9 Å². The smallest absolute Gasteiger partial charge is 0.271 e. The van der Waals surface area contributed by atoms with Gasteiger partial charge in [0.25, 0.3) is 11.6 Å². The molecule has 1 aromatic heterocycles. The lowest BCUT2D eigenvalue weighted by Gasteiger charge is -1.99. The Kier molecular flexibility index (Phi) is 4.17. The van der Waals surface area contributed by atoms with E-state index in [0.717, 1.165) is 10.2 Å². The van der Waals surface area contributed by atoms with E-state index in [1.807, 2.05) is 0 Å². The highest BCUT2D eigenvalue weighted by Gasteiger charge is 2.08. The summed E-state index contributed by atoms with van der Waals surface area (Å²) in [6, 6.07) is 10.9. The maximum atomic E-state index is 12.1. The van der Waals surface area contributed by atoms with Crippen molar-refractivity contribution >= 4 is 44.5 Å². The van der Waals surface area contributed by atoms with Crippen molar-refractivity contribution in [1.82, 2.24) is 10.4 Å². The van der Waals surface area contributed by atoms with Gasteiger partial charge in [-0.1, -0.05) is 11.3 Å². The number of hydrogen-bond acceptors (Lipinski definition) is 7. The zero-order valence-electron chi connectivity index (χ0n) is 12.2. The van der Waals surface area contributed by atoms with Gasteiger partial charge in [0.2, 0.25) is 0 Å². The second-order valence-corrected chi connectivity index (χ2v) is 5.84. The van der Waals surface area contributed by atoms with Crippen molar-refractivity contribution in [2.45, 2.75) is 0 Å². The quantitative estimate of drug-likeness (QED) is 0.429. The van der Waals surface area contributed by atoms with E-state index in [2.05, 4.69) is 15.5 Å². The predicted molar refractivity (Wildman–Crippen MR) is 92.2 cm³/mol. The number of nitrogens with one attached hydrogen (secondary N) is 1. The summed E-state index contributed by atoms with van der Waals surface area (Å²) in [5.74, 6) is -0.373. The molecule has 1 heterocycles. The number of nitro groups is 1. The number of hydrogen-bond donors (Lipinski definition) is 2. The molecule has 2 aromatic carbocycles. The number of hydrazone groups is 1. The minimum atomic E-state index is -0.481. The van der Waals surface area contributed by atoms with Gasteiger partial charge < -0.3 is 5.73 Å². The Balaban J connectivity index is 1.68. The summed E-state index contributed by atoms with van der Waals surface area (Å²) >= 11 is 1.30. The lowest BCUT2D eigenvalue weighted by molar-refractivity contribution is -0.384. The number of rotatable bonds is 4. The second-order valence-electron chi connectivity index (χ2n) is 4.78. The first-order chi connectivity index (χ1) is 11.5. The molecule has 0 aliphatic rings. The topological polar surface area (TPSA) is 124 Å². The summed E-state index contributed by atoms with van der Waals surface area (Å²) in [4.78, 5) is 26.3. The van der Waals surface area contributed by atoms with E-state index in [9.17, 15) is 14.9 Å². The first-order valence-corrected chi connectivity index (χ1v) is 7.58. The van der Waals surface area contributed by atoms with Crippen molar-refractivity contribution in [3.8, 4) is 0 Å². The average molecular weight is 341 g/mol. The molecule has 8 nitrogen and oxygen atoms in total. The molecular weight excluding hydrogens is 330 g/mol. The van der Waals surface area contributed by atoms with Crippen LogP contribution in [-0.2, 0) is 0 Å². The van der Waals surface area contributed by atoms with Gasteiger partial charge >= 0.3 is 0 Å². The minimum absolute atomic E-state index is 0.00619. The Morgan fingerprint density at radius 1 is 1.29 bits per heavy atom. The summed E-state index contributed by atoms with van der Waals surface area (Å²) < 4.78 is 0.819. The van der Waals surface area contributed by atoms with E-state index in [1.54, 1.807) is 30.3 Å². The molecule has 0 aliphatic heterocycles. The van der Waals surface area contributed by atoms with Crippen LogP contribution >= 0.6 is 11.3 Å². The highest BCUT2D eigenvalue weighted by atomic mass is 32.1. The van der Waals surface area contributed by atoms with Crippen molar-refractivity contribution in [3.63, 3.8) is 0 Å². The number of anilines is 1. The van der Waals surface area contributed by atoms with Gasteiger partial charge in [0.05, 0.1) is 21.4 Å². The molecule has 0 aliphatic carbocycles. The number of nitro benzene ring substituents is 1. The molecule has 0 atom stereocenters. The number of carbonyl (C=O) groups is 1. The van der Waals surface area contributed by atoms with Crippen LogP contribution in [0.1, 0.15) is 15.9 Å². The molecule has 120 valence electrons. The molecule has 3 aromatic rings. The van der Waals surface area contributed by atoms with E-state index in [0.29, 0.717) is 16.3 Å². The average Bonchev–Trinajstić information content (AvgIpc) is 2.94. The molecule has 0 bridgehead atoms. The van der Waals surface area contributed by atoms with Crippen LogP contribution in [0.4, 0.5) is 10.8 Å². The third-order valence-electron chi connectivity index (χ3n) is 3.15. The van der Waals surface area contributed by atoms with Gasteiger partial charge in [-0.15, -0.1) is 0 Å². The molecule has 0 saturated carbocycles. The first-order valence-electron chi connectivity index (χ1n) is 6.77. The normalized spacial score (nSPS) is 11.0. The number of benzene rings is 2. The summed E-state index contributed by atoms with van der Waals surface area (Å²) in [5.41, 5.74) is 9.84. The monoisotopic (exact) mass is 341 g/mol. The lowest BCUT2D eigenvalue weighted by Crippen LogP contribution is -2.17. The number of non-ortho nitro benzene ring substituents is 1. The Bertz CT molecular complexity index is 949. The van der Waals surface area contributed by atoms with Gasteiger partial charge in [0.1, 0.15) is 0 Å². The number of nitrogens with two attached hydrogens (primary N) is 1. The number of thiazole rings is 1. The SMILES string of the molecule is Nc1nc2ccc(C(=O)N/N=C\c3ccc([N+](=O)[O-])cc3)cc2s1. The van der Waals surface area contributed by atoms with Gasteiger partial charge in [-0.25, -0.2) is 10.4 Å². The van der Waals surface area contributed by atoms with Crippen LogP contribution in [0.25, 0.3) is 10.2 Å². The third-order valence-corrected chi connectivity index (χ3v) is 4.00. The highest BCUT2D eigenvalue weighted by Crippen LogP contribution is 2.24. The number of nitrogens with zero attached hydrogens (tertiary/aromatic N) is 3. The van der Waals surface area contributed by atoms with Crippen LogP contribution in [-0.4, -0.2) is 22.0 Å². The molecule has 9 heteroatoms. The van der Waals surface area contributed by atoms with E-state index in [-0.39, 0.29) is 11.6 Å². The molecule has 0 spiro atoms. The molecule has 3 rings (SSSR count). The Labute approximate surface area is 139 Å². The van der Waals surface area contributed by atoms with Crippen LogP contribution in [0.15, 0.2) is 47.6 Å². The molecule has 0 unspecified atom stereocenters. The Morgan fingerprint density at radius 2 is 2.04 bits per heavy atom. The van der Waals surface area contributed by atoms with Crippen LogP contribution in [0.5, 0.6) is 0 Å². The molecule has 3 N–H and O–H groups in total. The van der Waals surface area contributed by atoms with Crippen molar-refractivity contribution in [1.29, 1.82) is 0 Å². The molecule has 24 heavy (non-hydrogen) atoms. The summed E-state index contributed by atoms with van der Waals surface area (Å²) in [7, 11) is 0. The van der Waals surface area contributed by atoms with Crippen molar-refractivity contribution in [3.05, 3.63) is 63.7 Å². The van der Waals surface area contributed by atoms with Crippen LogP contribution in [0.3, 0.4) is 0 Å². The highest BCUT2D eigenvalue weighted by molar-refractivity contribution is 7.22. The van der Waals surface area contributed by atoms with Gasteiger partial charge in [0.15, 0.2) is 5.13 Å². The van der Waals surface area contributed by atoms with E-state index >= 15 is 0 Å². The van der Waals surface area contributed by atoms with Crippen LogP contribution in [0, 0.1) is 10.1 Å². The van der Waals surface area contributed by atoms with Crippen molar-refractivity contribution in [2.75, 3.05) is 5.73 Å². The number of aromatic nitrogens is 1. The predicted octanol–water partition coefficient (Wildman–Crippen LogP) is 2.55. The maximum absolute atomic E-state index is 12.1. The fourth-order valence-electron chi connectivity index (χ4n) is 2.00. The number of nitrogen functional groups attached to an aromatic ring is 1. The Morgan fingerprint density at radius 3 is 2.75 bits per heavy atom. The van der Waals surface area contributed by atoms with Crippen LogP contribution < -0.4 is 11.2 Å². The minimum Gasteiger partial charge on any atom is -0.375 e. The largest absolute Gasteiger partial charge is 0.375 e. The Hall–Kier alpha value is -3.33. The molecule has 0 fully saturated rings. The summed E-state index contributed by atoms with van der Waals surface area (Å²) in [6.45, 7) is 0. The second kappa shape index (κ2) is 6.42. The van der Waals surface area contributed by atoms with E-state index < -0.39 is 4.92 Å². The first kappa shape index (κ1) is 15.6. The van der Waals surface area contributed by atoms with Crippen molar-refractivity contribution < 1.29 is 9.72 Å². The molecule has 1 amide bonds. The molecule has 0 saturated heterocycles. The van der Waals surface area contributed by atoms with E-state index in [4.69, 9.17) is 5.73 Å². The number of fused-ring (bicyclic) bond motifs is 1. The fourth-order valence-corrected chi connectivity index (χ4v) is 2.77. The third kappa shape index (κ3) is 3.36. The summed E-state index contributed by atoms with van der Waals surface area (Å²) in [5, 5.41) is 14.9. The molecular formula is C15H11N5O3S. The van der Waals surface area contributed by atoms with E-state index in [1.165, 1.54) is 29.7 Å². The molecule has 0 radical (unpaired) electrons. The van der Waals surface area contributed by atoms with Crippen molar-refractivity contribution in [2.24, 2.45) is 5.10 Å². The fraction of sp³-hybridized carbons (Fsp3) is 0. The maximum Gasteiger partial charge on any atom is 0.271 e. The van der Waals surface area contributed by atoms with Gasteiger partial charge in [-0.2, -0.15) is 5.10 Å². The van der Waals surface area contributed by atoms with Gasteiger partial charge in [-0.05, 0) is 35.9 Å². The number of carbonyl (C=O) groups excluding carboxylic acids is 1. The van der Waals surface area contributed by atoms with Crippen LogP contribution in [0.2, 0.25) is 0 Å². The zero-order valence-corrected chi connectivity index (χ0v) is 13.0.